The first-order chi connectivity index (χ1) is 1.41. The Morgan fingerprint density at radius 3 is 1.60 bits per heavy atom. The summed E-state index contributed by atoms with van der Waals surface area (Å²) in [6, 6.07) is 0. The minimum atomic E-state index is 0. The normalized spacial score (nSPS) is 3.60. The van der Waals surface area contributed by atoms with Crippen molar-refractivity contribution in [3.63, 3.8) is 0 Å². The third-order valence-corrected chi connectivity index (χ3v) is 0. The molecule has 0 heterocycles. The monoisotopic (exact) mass is 187 g/mol. The molecule has 0 aliphatic rings. The molecule has 0 atom stereocenters. The van der Waals surface area contributed by atoms with Crippen molar-refractivity contribution in [1.29, 1.82) is 0 Å². The van der Waals surface area contributed by atoms with Crippen LogP contribution in [0.5, 0.6) is 0 Å². The fourth-order valence-corrected chi connectivity index (χ4v) is 0. The van der Waals surface area contributed by atoms with E-state index in [2.05, 4.69) is 6.92 Å². The van der Waals surface area contributed by atoms with Crippen molar-refractivity contribution in [2.45, 2.75) is 13.3 Å². The molecule has 0 N–H and O–H groups in total. The molecule has 0 saturated heterocycles. The van der Waals surface area contributed by atoms with Gasteiger partial charge in [0.05, 0.1) is 0 Å². The van der Waals surface area contributed by atoms with Crippen molar-refractivity contribution >= 4 is 17.0 Å². The Morgan fingerprint density at radius 2 is 1.60 bits per heavy atom. The molecular formula is C3H8BrZn-. The van der Waals surface area contributed by atoms with Gasteiger partial charge in [0.2, 0.25) is 0 Å². The topological polar surface area (TPSA) is 0 Å². The van der Waals surface area contributed by atoms with E-state index in [0.717, 1.165) is 6.42 Å². The van der Waals surface area contributed by atoms with Crippen molar-refractivity contribution < 1.29 is 19.5 Å². The molecule has 0 radical (unpaired) electrons. The zero-order valence-electron chi connectivity index (χ0n) is 3.53. The van der Waals surface area contributed by atoms with Crippen molar-refractivity contribution in [2.75, 3.05) is 0 Å². The molecule has 0 saturated carbocycles. The molecule has 0 rings (SSSR count). The summed E-state index contributed by atoms with van der Waals surface area (Å²) >= 11 is 0. The van der Waals surface area contributed by atoms with Gasteiger partial charge in [0.1, 0.15) is 0 Å². The van der Waals surface area contributed by atoms with Crippen LogP contribution in [-0.2, 0) is 19.5 Å². The van der Waals surface area contributed by atoms with Gasteiger partial charge in [0, 0.05) is 19.5 Å². The predicted octanol–water partition coefficient (Wildman–Crippen LogP) is 1.81. The van der Waals surface area contributed by atoms with E-state index in [1.54, 1.807) is 0 Å². The molecular weight excluding hydrogens is 181 g/mol. The summed E-state index contributed by atoms with van der Waals surface area (Å²) in [5.41, 5.74) is 0. The molecule has 0 bridgehead atoms. The summed E-state index contributed by atoms with van der Waals surface area (Å²) in [6.45, 7) is 5.50. The van der Waals surface area contributed by atoms with Crippen LogP contribution in [0.3, 0.4) is 0 Å². The summed E-state index contributed by atoms with van der Waals surface area (Å²) in [7, 11) is 0. The summed E-state index contributed by atoms with van der Waals surface area (Å²) in [4.78, 5) is 0. The van der Waals surface area contributed by atoms with Crippen molar-refractivity contribution in [1.82, 2.24) is 0 Å². The first kappa shape index (κ1) is 16.5. The largest absolute Gasteiger partial charge is 0.344 e. The second kappa shape index (κ2) is 19.4. The van der Waals surface area contributed by atoms with Crippen molar-refractivity contribution in [3.05, 3.63) is 6.92 Å². The Hall–Kier alpha value is 1.10. The van der Waals surface area contributed by atoms with Crippen LogP contribution in [0.1, 0.15) is 13.3 Å². The molecule has 30 valence electrons. The molecule has 0 aromatic heterocycles. The molecule has 0 aliphatic heterocycles. The molecule has 0 unspecified atom stereocenters. The van der Waals surface area contributed by atoms with E-state index in [1.165, 1.54) is 0 Å². The molecule has 0 aliphatic carbocycles. The zero-order valence-corrected chi connectivity index (χ0v) is 8.21. The van der Waals surface area contributed by atoms with Gasteiger partial charge in [0.15, 0.2) is 0 Å². The molecule has 5 heavy (non-hydrogen) atoms. The van der Waals surface area contributed by atoms with Crippen LogP contribution in [0.2, 0.25) is 0 Å². The number of hydrogen-bond acceptors (Lipinski definition) is 0. The van der Waals surface area contributed by atoms with E-state index in [0.29, 0.717) is 0 Å². The molecule has 0 aromatic carbocycles. The van der Waals surface area contributed by atoms with E-state index < -0.39 is 0 Å². The van der Waals surface area contributed by atoms with Gasteiger partial charge in [-0.15, -0.1) is 17.0 Å². The fourth-order valence-electron chi connectivity index (χ4n) is 0. The Labute approximate surface area is 56.9 Å². The van der Waals surface area contributed by atoms with E-state index in [4.69, 9.17) is 0 Å². The Balaban J connectivity index is -0.0000000200. The van der Waals surface area contributed by atoms with E-state index in [-0.39, 0.29) is 36.5 Å². The Kier molecular flexibility index (Phi) is 64.1. The van der Waals surface area contributed by atoms with Gasteiger partial charge in [-0.2, -0.15) is 6.42 Å². The maximum Gasteiger partial charge on any atom is 0 e. The third-order valence-electron chi connectivity index (χ3n) is 0. The van der Waals surface area contributed by atoms with Crippen LogP contribution in [0, 0.1) is 6.92 Å². The molecule has 0 spiro atoms. The maximum atomic E-state index is 3.49. The number of halogens is 1. The predicted molar refractivity (Wildman–Crippen MR) is 26.0 cm³/mol. The molecule has 2 heteroatoms. The quantitative estimate of drug-likeness (QED) is 0.403. The average Bonchev–Trinajstić information content (AvgIpc) is 0.918. The van der Waals surface area contributed by atoms with E-state index in [9.17, 15) is 0 Å². The summed E-state index contributed by atoms with van der Waals surface area (Å²) in [5.74, 6) is 0. The molecule has 0 amide bonds. The van der Waals surface area contributed by atoms with Crippen LogP contribution >= 0.6 is 17.0 Å². The fraction of sp³-hybridized carbons (Fsp3) is 0.667. The summed E-state index contributed by atoms with van der Waals surface area (Å²) < 4.78 is 0. The van der Waals surface area contributed by atoms with Gasteiger partial charge < -0.3 is 6.92 Å². The second-order valence-electron chi connectivity index (χ2n) is 0.500. The SMILES string of the molecule is Br.[CH2-]CC.[Zn]. The van der Waals surface area contributed by atoms with Crippen LogP contribution in [-0.4, -0.2) is 0 Å². The van der Waals surface area contributed by atoms with Gasteiger partial charge in [0.25, 0.3) is 0 Å². The van der Waals surface area contributed by atoms with Crippen LogP contribution in [0.15, 0.2) is 0 Å². The Bertz CT molecular complexity index is 6.85. The van der Waals surface area contributed by atoms with Crippen LogP contribution in [0.25, 0.3) is 0 Å². The minimum Gasteiger partial charge on any atom is -0.344 e. The standard InChI is InChI=1S/C3H7.BrH.Zn/c1-3-2;;/h1,3H2,2H3;1H;/q-1;;. The van der Waals surface area contributed by atoms with Crippen LogP contribution < -0.4 is 0 Å². The van der Waals surface area contributed by atoms with Gasteiger partial charge in [-0.3, -0.25) is 0 Å². The average molecular weight is 189 g/mol. The smallest absolute Gasteiger partial charge is 0 e. The first-order valence-electron chi connectivity index (χ1n) is 1.21. The van der Waals surface area contributed by atoms with E-state index >= 15 is 0 Å². The first-order valence-corrected chi connectivity index (χ1v) is 1.21. The zero-order chi connectivity index (χ0) is 2.71. The van der Waals surface area contributed by atoms with Crippen molar-refractivity contribution in [3.8, 4) is 0 Å². The van der Waals surface area contributed by atoms with Crippen LogP contribution in [0.4, 0.5) is 0 Å². The second-order valence-corrected chi connectivity index (χ2v) is 0.500. The van der Waals surface area contributed by atoms with E-state index in [1.807, 2.05) is 6.92 Å². The Morgan fingerprint density at radius 1 is 1.60 bits per heavy atom. The van der Waals surface area contributed by atoms with Gasteiger partial charge in [-0.25, -0.2) is 0 Å². The minimum absolute atomic E-state index is 0. The van der Waals surface area contributed by atoms with Gasteiger partial charge in [-0.1, -0.05) is 6.92 Å². The van der Waals surface area contributed by atoms with Crippen molar-refractivity contribution in [2.24, 2.45) is 0 Å². The summed E-state index contributed by atoms with van der Waals surface area (Å²) in [5, 5.41) is 0. The van der Waals surface area contributed by atoms with Gasteiger partial charge >= 0.3 is 0 Å². The van der Waals surface area contributed by atoms with Gasteiger partial charge in [-0.05, 0) is 0 Å². The molecule has 0 fully saturated rings. The third kappa shape index (κ3) is 40.4. The number of hydrogen-bond donors (Lipinski definition) is 0. The molecule has 0 nitrogen and oxygen atoms in total. The maximum absolute atomic E-state index is 3.49. The summed E-state index contributed by atoms with van der Waals surface area (Å²) in [6.07, 6.45) is 1.00. The number of rotatable bonds is 0. The molecule has 0 aromatic rings.